The number of rotatable bonds is 2. The average Bonchev–Trinajstić information content (AvgIpc) is 3.10. The molecule has 26 heavy (non-hydrogen) atoms. The second-order valence-corrected chi connectivity index (χ2v) is 8.32. The quantitative estimate of drug-likeness (QED) is 0.635. The van der Waals surface area contributed by atoms with E-state index >= 15 is 0 Å². The van der Waals surface area contributed by atoms with Crippen LogP contribution in [0.5, 0.6) is 0 Å². The Hall–Kier alpha value is -2.26. The number of benzene rings is 2. The normalized spacial score (nSPS) is 23.2. The molecule has 1 saturated heterocycles. The van der Waals surface area contributed by atoms with Crippen LogP contribution in [0.3, 0.4) is 0 Å². The number of likely N-dealkylation sites (tertiary alicyclic amines) is 1. The number of nitrogens with one attached hydrogen (secondary N) is 1. The molecular weight excluding hydrogens is 354 g/mol. The Morgan fingerprint density at radius 1 is 1.12 bits per heavy atom. The Morgan fingerprint density at radius 2 is 1.88 bits per heavy atom. The molecule has 0 aromatic heterocycles. The Balaban J connectivity index is 1.60. The highest BCUT2D eigenvalue weighted by molar-refractivity contribution is 8.23. The van der Waals surface area contributed by atoms with Crippen molar-refractivity contribution in [1.82, 2.24) is 9.21 Å². The van der Waals surface area contributed by atoms with Crippen LogP contribution in [-0.4, -0.2) is 48.6 Å². The summed E-state index contributed by atoms with van der Waals surface area (Å²) in [6.45, 7) is 1.06. The van der Waals surface area contributed by atoms with Gasteiger partial charge >= 0.3 is 6.09 Å². The molecule has 0 spiro atoms. The predicted octanol–water partition coefficient (Wildman–Crippen LogP) is 3.91. The predicted molar refractivity (Wildman–Crippen MR) is 102 cm³/mol. The number of anilines is 1. The maximum absolute atomic E-state index is 11.1. The number of hydrogen-bond donors (Lipinski definition) is 4. The average molecular weight is 375 g/mol. The molecule has 138 valence electrons. The third kappa shape index (κ3) is 3.12. The van der Waals surface area contributed by atoms with Gasteiger partial charge in [-0.05, 0) is 29.2 Å². The highest BCUT2D eigenvalue weighted by Gasteiger charge is 2.39. The van der Waals surface area contributed by atoms with Crippen molar-refractivity contribution in [2.24, 2.45) is 0 Å². The van der Waals surface area contributed by atoms with E-state index < -0.39 is 17.1 Å². The Morgan fingerprint density at radius 3 is 2.58 bits per heavy atom. The van der Waals surface area contributed by atoms with Crippen LogP contribution in [0.25, 0.3) is 11.1 Å². The molecule has 4 rings (SSSR count). The molecule has 8 heteroatoms. The molecule has 0 radical (unpaired) electrons. The number of fused-ring (bicyclic) bond motifs is 1. The van der Waals surface area contributed by atoms with Crippen LogP contribution in [0, 0.1) is 0 Å². The maximum atomic E-state index is 11.1. The lowest BCUT2D eigenvalue weighted by Crippen LogP contribution is -2.44. The second-order valence-electron chi connectivity index (χ2n) is 6.61. The van der Waals surface area contributed by atoms with Crippen LogP contribution >= 0.6 is 11.0 Å². The molecule has 2 aliphatic heterocycles. The van der Waals surface area contributed by atoms with Gasteiger partial charge in [-0.15, -0.1) is 0 Å². The van der Waals surface area contributed by atoms with Crippen LogP contribution in [0.15, 0.2) is 48.5 Å². The minimum absolute atomic E-state index is 0.217. The first-order chi connectivity index (χ1) is 12.4. The van der Waals surface area contributed by atoms with E-state index in [0.717, 1.165) is 16.7 Å². The van der Waals surface area contributed by atoms with Gasteiger partial charge in [0.15, 0.2) is 0 Å². The summed E-state index contributed by atoms with van der Waals surface area (Å²) in [6.07, 6.45) is -0.386. The number of carboxylic acid groups (broad SMARTS) is 1. The van der Waals surface area contributed by atoms with E-state index in [0.29, 0.717) is 25.2 Å². The Bertz CT molecular complexity index is 830. The van der Waals surface area contributed by atoms with Crippen molar-refractivity contribution < 1.29 is 19.0 Å². The summed E-state index contributed by atoms with van der Waals surface area (Å²) in [5.41, 5.74) is 3.72. The molecule has 1 atom stereocenters. The van der Waals surface area contributed by atoms with Crippen LogP contribution in [0.4, 0.5) is 10.5 Å². The van der Waals surface area contributed by atoms with Gasteiger partial charge in [-0.2, -0.15) is 4.31 Å². The molecular formula is C18H21N3O4S. The third-order valence-corrected chi connectivity index (χ3v) is 6.53. The summed E-state index contributed by atoms with van der Waals surface area (Å²) >= 11 is 0. The molecule has 1 fully saturated rings. The van der Waals surface area contributed by atoms with Crippen molar-refractivity contribution in [2.45, 2.75) is 19.0 Å². The van der Waals surface area contributed by atoms with Crippen molar-refractivity contribution >= 4 is 22.7 Å². The van der Waals surface area contributed by atoms with Gasteiger partial charge in [0.05, 0.1) is 11.7 Å². The van der Waals surface area contributed by atoms with Gasteiger partial charge in [-0.1, -0.05) is 53.4 Å². The van der Waals surface area contributed by atoms with E-state index in [1.54, 1.807) is 4.31 Å². The summed E-state index contributed by atoms with van der Waals surface area (Å²) in [7, 11) is -3.20. The van der Waals surface area contributed by atoms with E-state index in [2.05, 4.69) is 4.72 Å². The van der Waals surface area contributed by atoms with E-state index in [4.69, 9.17) is 5.11 Å². The zero-order valence-electron chi connectivity index (χ0n) is 14.1. The van der Waals surface area contributed by atoms with Crippen molar-refractivity contribution in [3.05, 3.63) is 54.1 Å². The van der Waals surface area contributed by atoms with Gasteiger partial charge in [0.1, 0.15) is 0 Å². The molecule has 4 N–H and O–H groups in total. The van der Waals surface area contributed by atoms with Gasteiger partial charge in [0.25, 0.3) is 0 Å². The fraction of sp³-hybridized carbons (Fsp3) is 0.278. The van der Waals surface area contributed by atoms with Gasteiger partial charge in [-0.3, -0.25) is 13.8 Å². The van der Waals surface area contributed by atoms with Gasteiger partial charge in [0.2, 0.25) is 0 Å². The molecule has 0 saturated carbocycles. The van der Waals surface area contributed by atoms with Crippen LogP contribution in [-0.2, 0) is 6.54 Å². The highest BCUT2D eigenvalue weighted by Crippen LogP contribution is 2.51. The van der Waals surface area contributed by atoms with Crippen LogP contribution in [0.2, 0.25) is 0 Å². The molecule has 2 aliphatic rings. The lowest BCUT2D eigenvalue weighted by Gasteiger charge is -2.49. The number of amides is 1. The monoisotopic (exact) mass is 375 g/mol. The summed E-state index contributed by atoms with van der Waals surface area (Å²) in [5, 5.41) is 9.13. The zero-order valence-corrected chi connectivity index (χ0v) is 14.9. The minimum atomic E-state index is -3.20. The third-order valence-electron chi connectivity index (χ3n) is 4.96. The van der Waals surface area contributed by atoms with E-state index in [-0.39, 0.29) is 12.6 Å². The van der Waals surface area contributed by atoms with Gasteiger partial charge in [-0.25, -0.2) is 4.79 Å². The molecule has 2 heterocycles. The maximum Gasteiger partial charge on any atom is 0.407 e. The molecule has 2 aromatic carbocycles. The van der Waals surface area contributed by atoms with E-state index in [1.165, 1.54) is 4.90 Å². The fourth-order valence-electron chi connectivity index (χ4n) is 3.57. The summed E-state index contributed by atoms with van der Waals surface area (Å²) < 4.78 is 25.7. The summed E-state index contributed by atoms with van der Waals surface area (Å²) in [5.74, 6) is 0. The number of carbonyl (C=O) groups is 1. The molecule has 1 amide bonds. The first-order valence-corrected chi connectivity index (χ1v) is 9.93. The van der Waals surface area contributed by atoms with E-state index in [9.17, 15) is 13.9 Å². The highest BCUT2D eigenvalue weighted by atomic mass is 32.3. The summed E-state index contributed by atoms with van der Waals surface area (Å²) in [4.78, 5) is 12.4. The van der Waals surface area contributed by atoms with Crippen LogP contribution in [0.1, 0.15) is 12.0 Å². The SMILES string of the molecule is O=C(O)N1CC[C@@H](N2Cc3ccc(-c4ccccc4)cc3NS2(O)O)C1. The first kappa shape index (κ1) is 17.2. The lowest BCUT2D eigenvalue weighted by molar-refractivity contribution is 0.152. The second kappa shape index (κ2) is 6.48. The molecule has 2 aromatic rings. The number of nitrogens with zero attached hydrogens (tertiary/aromatic N) is 2. The van der Waals surface area contributed by atoms with Crippen molar-refractivity contribution in [2.75, 3.05) is 17.8 Å². The van der Waals surface area contributed by atoms with Crippen molar-refractivity contribution in [1.29, 1.82) is 0 Å². The van der Waals surface area contributed by atoms with Crippen LogP contribution < -0.4 is 4.72 Å². The van der Waals surface area contributed by atoms with Crippen molar-refractivity contribution in [3.8, 4) is 11.1 Å². The van der Waals surface area contributed by atoms with Gasteiger partial charge in [0, 0.05) is 19.6 Å². The molecule has 0 aliphatic carbocycles. The minimum Gasteiger partial charge on any atom is -0.465 e. The Kier molecular flexibility index (Phi) is 4.28. The topological polar surface area (TPSA) is 96.3 Å². The van der Waals surface area contributed by atoms with Gasteiger partial charge < -0.3 is 10.0 Å². The van der Waals surface area contributed by atoms with Crippen molar-refractivity contribution in [3.63, 3.8) is 0 Å². The smallest absolute Gasteiger partial charge is 0.407 e. The molecule has 7 nitrogen and oxygen atoms in total. The number of hydrogen-bond acceptors (Lipinski definition) is 5. The zero-order chi connectivity index (χ0) is 18.3. The molecule has 0 bridgehead atoms. The molecule has 0 unspecified atom stereocenters. The largest absolute Gasteiger partial charge is 0.465 e. The summed E-state index contributed by atoms with van der Waals surface area (Å²) in [6, 6.07) is 15.6. The van der Waals surface area contributed by atoms with E-state index in [1.807, 2.05) is 48.5 Å². The fourth-order valence-corrected chi connectivity index (χ4v) is 5.08. The standard InChI is InChI=1S/C18H21N3O4S/c22-18(23)20-9-8-16(12-20)21-11-15-7-6-14(13-4-2-1-3-5-13)10-17(15)19-26(21,24)25/h1-7,10,16,19,24-25H,8-9,11-12H2,(H,22,23)/t16-/m1/s1. The lowest BCUT2D eigenvalue weighted by atomic mass is 10.0. The first-order valence-electron chi connectivity index (χ1n) is 8.43. The Labute approximate surface area is 153 Å².